The Bertz CT molecular complexity index is 500. The van der Waals surface area contributed by atoms with Crippen molar-refractivity contribution in [1.29, 1.82) is 0 Å². The molecule has 1 aliphatic carbocycles. The monoisotopic (exact) mass is 294 g/mol. The number of hydrogen-bond donors (Lipinski definition) is 1. The summed E-state index contributed by atoms with van der Waals surface area (Å²) in [6.07, 6.45) is 2.55. The van der Waals surface area contributed by atoms with E-state index >= 15 is 0 Å². The van der Waals surface area contributed by atoms with Crippen molar-refractivity contribution < 1.29 is 14.1 Å². The number of nitrogens with one attached hydrogen (secondary N) is 1. The minimum absolute atomic E-state index is 0.0383. The zero-order chi connectivity index (χ0) is 14.8. The summed E-state index contributed by atoms with van der Waals surface area (Å²) in [5.74, 6) is 2.53. The predicted molar refractivity (Wildman–Crippen MR) is 74.3 cm³/mol. The van der Waals surface area contributed by atoms with Crippen molar-refractivity contribution in [1.82, 2.24) is 20.4 Å². The number of likely N-dealkylation sites (tertiary alicyclic amines) is 1. The highest BCUT2D eigenvalue weighted by Crippen LogP contribution is 2.41. The molecule has 1 aromatic heterocycles. The molecule has 21 heavy (non-hydrogen) atoms. The highest BCUT2D eigenvalue weighted by molar-refractivity contribution is 5.77. The number of carbonyl (C=O) groups excluding carboxylic acids is 1. The molecule has 1 aromatic rings. The van der Waals surface area contributed by atoms with Crippen LogP contribution in [0.25, 0.3) is 0 Å². The van der Waals surface area contributed by atoms with Gasteiger partial charge in [0, 0.05) is 26.2 Å². The summed E-state index contributed by atoms with van der Waals surface area (Å²) in [6.45, 7) is 4.40. The number of methoxy groups -OCH3 is 1. The average molecular weight is 294 g/mol. The van der Waals surface area contributed by atoms with Crippen LogP contribution in [0.15, 0.2) is 4.52 Å². The molecule has 0 spiro atoms. The van der Waals surface area contributed by atoms with Gasteiger partial charge in [-0.2, -0.15) is 4.98 Å². The van der Waals surface area contributed by atoms with Crippen LogP contribution in [0.5, 0.6) is 0 Å². The lowest BCUT2D eigenvalue weighted by atomic mass is 9.98. The Hall–Kier alpha value is -1.47. The maximum absolute atomic E-state index is 11.8. The lowest BCUT2D eigenvalue weighted by molar-refractivity contribution is -0.125. The van der Waals surface area contributed by atoms with Crippen LogP contribution < -0.4 is 5.32 Å². The van der Waals surface area contributed by atoms with E-state index in [0.717, 1.165) is 19.0 Å². The van der Waals surface area contributed by atoms with Crippen LogP contribution in [0.2, 0.25) is 0 Å². The van der Waals surface area contributed by atoms with Gasteiger partial charge in [0.15, 0.2) is 5.82 Å². The topological polar surface area (TPSA) is 80.5 Å². The fourth-order valence-corrected chi connectivity index (χ4v) is 3.17. The number of carbonyl (C=O) groups is 1. The van der Waals surface area contributed by atoms with E-state index in [-0.39, 0.29) is 18.6 Å². The molecule has 2 fully saturated rings. The second-order valence-corrected chi connectivity index (χ2v) is 6.04. The molecule has 1 saturated heterocycles. The summed E-state index contributed by atoms with van der Waals surface area (Å²) in [4.78, 5) is 18.3. The molecule has 0 unspecified atom stereocenters. The van der Waals surface area contributed by atoms with Crippen molar-refractivity contribution in [2.45, 2.75) is 32.4 Å². The van der Waals surface area contributed by atoms with Gasteiger partial charge in [0.25, 0.3) is 0 Å². The van der Waals surface area contributed by atoms with Crippen molar-refractivity contribution in [3.05, 3.63) is 11.7 Å². The van der Waals surface area contributed by atoms with Crippen LogP contribution in [0.3, 0.4) is 0 Å². The summed E-state index contributed by atoms with van der Waals surface area (Å²) in [7, 11) is 1.54. The Morgan fingerprint density at radius 2 is 2.29 bits per heavy atom. The van der Waals surface area contributed by atoms with Gasteiger partial charge in [-0.25, -0.2) is 0 Å². The highest BCUT2D eigenvalue weighted by atomic mass is 16.5. The van der Waals surface area contributed by atoms with Crippen molar-refractivity contribution in [2.24, 2.45) is 11.8 Å². The minimum Gasteiger partial charge on any atom is -0.375 e. The fourth-order valence-electron chi connectivity index (χ4n) is 3.17. The molecule has 2 heterocycles. The van der Waals surface area contributed by atoms with Gasteiger partial charge in [0.05, 0.1) is 6.54 Å². The molecular weight excluding hydrogens is 272 g/mol. The first kappa shape index (κ1) is 14.5. The van der Waals surface area contributed by atoms with Crippen LogP contribution in [-0.4, -0.2) is 53.8 Å². The molecule has 1 aliphatic heterocycles. The third-order valence-electron chi connectivity index (χ3n) is 4.22. The first-order valence-electron chi connectivity index (χ1n) is 7.45. The molecule has 116 valence electrons. The lowest BCUT2D eigenvalue weighted by Crippen LogP contribution is -2.42. The third-order valence-corrected chi connectivity index (χ3v) is 4.22. The Kier molecular flexibility index (Phi) is 4.21. The van der Waals surface area contributed by atoms with Crippen LogP contribution in [0.1, 0.15) is 24.6 Å². The van der Waals surface area contributed by atoms with E-state index in [2.05, 4.69) is 20.4 Å². The standard InChI is InChI=1S/C14H22N4O3/c1-9-15-14(21-17-9)7-18-5-11(10-3-4-10)12(6-18)16-13(19)8-20-2/h10-12H,3-8H2,1-2H3,(H,16,19)/t11-,12+/m1/s1. The van der Waals surface area contributed by atoms with E-state index in [0.29, 0.717) is 24.2 Å². The Labute approximate surface area is 124 Å². The minimum atomic E-state index is -0.0383. The number of nitrogens with zero attached hydrogens (tertiary/aromatic N) is 3. The lowest BCUT2D eigenvalue weighted by Gasteiger charge is -2.19. The normalized spacial score (nSPS) is 26.2. The van der Waals surface area contributed by atoms with E-state index < -0.39 is 0 Å². The largest absolute Gasteiger partial charge is 0.375 e. The molecule has 1 saturated carbocycles. The molecule has 0 aromatic carbocycles. The molecule has 7 heteroatoms. The zero-order valence-electron chi connectivity index (χ0n) is 12.5. The zero-order valence-corrected chi connectivity index (χ0v) is 12.5. The fraction of sp³-hybridized carbons (Fsp3) is 0.786. The molecule has 7 nitrogen and oxygen atoms in total. The van der Waals surface area contributed by atoms with E-state index in [1.54, 1.807) is 0 Å². The third kappa shape index (κ3) is 3.59. The van der Waals surface area contributed by atoms with E-state index in [1.165, 1.54) is 20.0 Å². The van der Waals surface area contributed by atoms with Crippen LogP contribution in [0, 0.1) is 18.8 Å². The van der Waals surface area contributed by atoms with Crippen molar-refractivity contribution in [3.8, 4) is 0 Å². The molecule has 0 radical (unpaired) electrons. The van der Waals surface area contributed by atoms with Gasteiger partial charge >= 0.3 is 0 Å². The summed E-state index contributed by atoms with van der Waals surface area (Å²) >= 11 is 0. The van der Waals surface area contributed by atoms with E-state index in [1.807, 2.05) is 6.92 Å². The number of hydrogen-bond acceptors (Lipinski definition) is 6. The summed E-state index contributed by atoms with van der Waals surface area (Å²) in [5.41, 5.74) is 0. The average Bonchev–Trinajstić information content (AvgIpc) is 3.09. The van der Waals surface area contributed by atoms with Crippen molar-refractivity contribution in [2.75, 3.05) is 26.8 Å². The van der Waals surface area contributed by atoms with Gasteiger partial charge in [0.1, 0.15) is 6.61 Å². The highest BCUT2D eigenvalue weighted by Gasteiger charge is 2.43. The summed E-state index contributed by atoms with van der Waals surface area (Å²) < 4.78 is 10.1. The van der Waals surface area contributed by atoms with Gasteiger partial charge in [-0.3, -0.25) is 9.69 Å². The Balaban J connectivity index is 1.59. The maximum atomic E-state index is 11.8. The second kappa shape index (κ2) is 6.11. The van der Waals surface area contributed by atoms with Crippen molar-refractivity contribution in [3.63, 3.8) is 0 Å². The smallest absolute Gasteiger partial charge is 0.246 e. The first-order chi connectivity index (χ1) is 10.2. The molecule has 1 amide bonds. The number of rotatable bonds is 6. The molecule has 2 atom stereocenters. The van der Waals surface area contributed by atoms with Gasteiger partial charge in [-0.05, 0) is 31.6 Å². The summed E-state index contributed by atoms with van der Waals surface area (Å²) in [5, 5.41) is 6.92. The molecule has 1 N–H and O–H groups in total. The quantitative estimate of drug-likeness (QED) is 0.815. The number of ether oxygens (including phenoxy) is 1. The van der Waals surface area contributed by atoms with Gasteiger partial charge in [0.2, 0.25) is 11.8 Å². The molecular formula is C14H22N4O3. The van der Waals surface area contributed by atoms with Gasteiger partial charge < -0.3 is 14.6 Å². The van der Waals surface area contributed by atoms with Crippen LogP contribution >= 0.6 is 0 Å². The van der Waals surface area contributed by atoms with Crippen LogP contribution in [0.4, 0.5) is 0 Å². The molecule has 2 aliphatic rings. The second-order valence-electron chi connectivity index (χ2n) is 6.04. The number of aromatic nitrogens is 2. The van der Waals surface area contributed by atoms with E-state index in [9.17, 15) is 4.79 Å². The van der Waals surface area contributed by atoms with Gasteiger partial charge in [-0.15, -0.1) is 0 Å². The maximum Gasteiger partial charge on any atom is 0.246 e. The van der Waals surface area contributed by atoms with Crippen LogP contribution in [-0.2, 0) is 16.1 Å². The molecule has 3 rings (SSSR count). The SMILES string of the molecule is COCC(=O)N[C@H]1CN(Cc2nc(C)no2)C[C@@H]1C1CC1. The van der Waals surface area contributed by atoms with Crippen molar-refractivity contribution >= 4 is 5.91 Å². The summed E-state index contributed by atoms with van der Waals surface area (Å²) in [6, 6.07) is 0.198. The number of amides is 1. The number of aryl methyl sites for hydroxylation is 1. The first-order valence-corrected chi connectivity index (χ1v) is 7.45. The Morgan fingerprint density at radius 3 is 2.90 bits per heavy atom. The van der Waals surface area contributed by atoms with Gasteiger partial charge in [-0.1, -0.05) is 5.16 Å². The van der Waals surface area contributed by atoms with E-state index in [4.69, 9.17) is 9.26 Å². The molecule has 0 bridgehead atoms. The Morgan fingerprint density at radius 1 is 1.48 bits per heavy atom. The predicted octanol–water partition coefficient (Wildman–Crippen LogP) is 0.351.